The van der Waals surface area contributed by atoms with Gasteiger partial charge in [-0.3, -0.25) is 0 Å². The number of nitrogens with zero attached hydrogens (tertiary/aromatic N) is 2. The molecule has 0 saturated heterocycles. The van der Waals surface area contributed by atoms with Crippen LogP contribution in [0.1, 0.15) is 16.1 Å². The fraction of sp³-hybridized carbons (Fsp3) is 0.143. The third-order valence-electron chi connectivity index (χ3n) is 4.22. The number of hydrogen-bond acceptors (Lipinski definition) is 5. The number of methoxy groups -OCH3 is 1. The summed E-state index contributed by atoms with van der Waals surface area (Å²) in [4.78, 5) is 4.61. The van der Waals surface area contributed by atoms with E-state index in [-0.39, 0.29) is 0 Å². The Bertz CT molecular complexity index is 981. The molecular weight excluding hydrogens is 342 g/mol. The van der Waals surface area contributed by atoms with Crippen LogP contribution in [0.25, 0.3) is 16.8 Å². The molecule has 0 radical (unpaired) electrons. The first-order valence-corrected chi connectivity index (χ1v) is 9.03. The number of nitriles is 1. The van der Waals surface area contributed by atoms with Crippen molar-refractivity contribution in [1.82, 2.24) is 4.98 Å². The maximum absolute atomic E-state index is 9.52. The van der Waals surface area contributed by atoms with Crippen molar-refractivity contribution in [2.45, 2.75) is 13.8 Å². The second-order valence-electron chi connectivity index (χ2n) is 5.83. The van der Waals surface area contributed by atoms with Gasteiger partial charge in [-0.2, -0.15) is 5.26 Å². The minimum absolute atomic E-state index is 0.510. The van der Waals surface area contributed by atoms with Gasteiger partial charge in [-0.25, -0.2) is 4.98 Å². The van der Waals surface area contributed by atoms with E-state index in [0.717, 1.165) is 22.7 Å². The maximum atomic E-state index is 9.52. The van der Waals surface area contributed by atoms with Gasteiger partial charge < -0.3 is 10.1 Å². The molecule has 0 spiro atoms. The van der Waals surface area contributed by atoms with E-state index in [9.17, 15) is 5.26 Å². The number of benzene rings is 2. The van der Waals surface area contributed by atoms with Gasteiger partial charge in [-0.15, -0.1) is 11.3 Å². The summed E-state index contributed by atoms with van der Waals surface area (Å²) in [7, 11) is 1.64. The lowest BCUT2D eigenvalue weighted by atomic mass is 10.1. The van der Waals surface area contributed by atoms with Gasteiger partial charge in [-0.05, 0) is 55.3 Å². The van der Waals surface area contributed by atoms with Crippen molar-refractivity contribution >= 4 is 22.6 Å². The van der Waals surface area contributed by atoms with Crippen molar-refractivity contribution in [3.63, 3.8) is 0 Å². The molecular formula is C21H19N3OS. The van der Waals surface area contributed by atoms with Gasteiger partial charge in [0.05, 0.1) is 12.8 Å². The lowest BCUT2D eigenvalue weighted by Crippen LogP contribution is -1.95. The van der Waals surface area contributed by atoms with Crippen LogP contribution in [0.3, 0.4) is 0 Å². The monoisotopic (exact) mass is 361 g/mol. The summed E-state index contributed by atoms with van der Waals surface area (Å²) in [5.41, 5.74) is 5.71. The molecule has 1 heterocycles. The highest BCUT2D eigenvalue weighted by Crippen LogP contribution is 2.27. The van der Waals surface area contributed by atoms with Crippen LogP contribution in [0.5, 0.6) is 5.75 Å². The van der Waals surface area contributed by atoms with E-state index in [4.69, 9.17) is 4.74 Å². The molecule has 5 heteroatoms. The lowest BCUT2D eigenvalue weighted by molar-refractivity contribution is 0.415. The SMILES string of the molecule is COc1ccc(-c2csc(/C(C#N)=C/Nc3cccc(C)c3C)n2)cc1. The van der Waals surface area contributed by atoms with Gasteiger partial charge in [0.2, 0.25) is 0 Å². The normalized spacial score (nSPS) is 11.1. The average molecular weight is 361 g/mol. The summed E-state index contributed by atoms with van der Waals surface area (Å²) in [6, 6.07) is 16.0. The quantitative estimate of drug-likeness (QED) is 0.617. The molecule has 0 aliphatic rings. The maximum Gasteiger partial charge on any atom is 0.136 e. The molecule has 0 atom stereocenters. The zero-order valence-corrected chi connectivity index (χ0v) is 15.7. The van der Waals surface area contributed by atoms with E-state index in [1.165, 1.54) is 22.5 Å². The number of aryl methyl sites for hydroxylation is 1. The van der Waals surface area contributed by atoms with Crippen molar-refractivity contribution in [3.05, 3.63) is 70.2 Å². The first kappa shape index (κ1) is 17.7. The minimum atomic E-state index is 0.510. The lowest BCUT2D eigenvalue weighted by Gasteiger charge is -2.08. The van der Waals surface area contributed by atoms with Gasteiger partial charge in [-0.1, -0.05) is 12.1 Å². The molecule has 0 aliphatic heterocycles. The molecule has 4 nitrogen and oxygen atoms in total. The summed E-state index contributed by atoms with van der Waals surface area (Å²) in [6.07, 6.45) is 1.72. The summed E-state index contributed by atoms with van der Waals surface area (Å²) in [5.74, 6) is 0.805. The third-order valence-corrected chi connectivity index (χ3v) is 5.09. The van der Waals surface area contributed by atoms with Gasteiger partial charge in [0, 0.05) is 22.8 Å². The van der Waals surface area contributed by atoms with Crippen LogP contribution >= 0.6 is 11.3 Å². The number of anilines is 1. The molecule has 3 rings (SSSR count). The Kier molecular flexibility index (Phi) is 5.35. The predicted octanol–water partition coefficient (Wildman–Crippen LogP) is 5.41. The number of thiazole rings is 1. The van der Waals surface area contributed by atoms with Crippen LogP contribution in [0.4, 0.5) is 5.69 Å². The smallest absolute Gasteiger partial charge is 0.136 e. The van der Waals surface area contributed by atoms with E-state index in [1.54, 1.807) is 13.3 Å². The molecule has 0 aliphatic carbocycles. The molecule has 2 aromatic carbocycles. The predicted molar refractivity (Wildman–Crippen MR) is 107 cm³/mol. The van der Waals surface area contributed by atoms with Crippen LogP contribution in [0.15, 0.2) is 54.0 Å². The Balaban J connectivity index is 1.83. The molecule has 0 unspecified atom stereocenters. The molecule has 26 heavy (non-hydrogen) atoms. The fourth-order valence-corrected chi connectivity index (χ4v) is 3.29. The zero-order chi connectivity index (χ0) is 18.5. The number of hydrogen-bond donors (Lipinski definition) is 1. The van der Waals surface area contributed by atoms with Crippen molar-refractivity contribution in [3.8, 4) is 23.1 Å². The minimum Gasteiger partial charge on any atom is -0.497 e. The highest BCUT2D eigenvalue weighted by molar-refractivity contribution is 7.11. The highest BCUT2D eigenvalue weighted by Gasteiger charge is 2.09. The van der Waals surface area contributed by atoms with Gasteiger partial charge in [0.15, 0.2) is 0 Å². The standard InChI is InChI=1S/C21H19N3OS/c1-14-5-4-6-19(15(14)2)23-12-17(11-22)21-24-20(13-26-21)16-7-9-18(25-3)10-8-16/h4-10,12-13,23H,1-3H3/b17-12+. The van der Waals surface area contributed by atoms with E-state index in [0.29, 0.717) is 10.6 Å². The number of allylic oxidation sites excluding steroid dienone is 1. The van der Waals surface area contributed by atoms with E-state index < -0.39 is 0 Å². The van der Waals surface area contributed by atoms with Crippen LogP contribution in [-0.4, -0.2) is 12.1 Å². The first-order valence-electron chi connectivity index (χ1n) is 8.15. The van der Waals surface area contributed by atoms with E-state index in [2.05, 4.69) is 36.3 Å². The summed E-state index contributed by atoms with van der Waals surface area (Å²) in [6.45, 7) is 4.13. The highest BCUT2D eigenvalue weighted by atomic mass is 32.1. The van der Waals surface area contributed by atoms with Crippen molar-refractivity contribution in [2.75, 3.05) is 12.4 Å². The first-order chi connectivity index (χ1) is 12.6. The summed E-state index contributed by atoms with van der Waals surface area (Å²) >= 11 is 1.46. The Morgan fingerprint density at radius 3 is 2.65 bits per heavy atom. The van der Waals surface area contributed by atoms with Crippen LogP contribution in [0.2, 0.25) is 0 Å². The molecule has 0 amide bonds. The molecule has 0 bridgehead atoms. The third kappa shape index (κ3) is 3.76. The zero-order valence-electron chi connectivity index (χ0n) is 14.9. The van der Waals surface area contributed by atoms with Crippen LogP contribution in [-0.2, 0) is 0 Å². The van der Waals surface area contributed by atoms with Gasteiger partial charge in [0.25, 0.3) is 0 Å². The average Bonchev–Trinajstić information content (AvgIpc) is 3.15. The topological polar surface area (TPSA) is 57.9 Å². The van der Waals surface area contributed by atoms with Gasteiger partial charge in [0.1, 0.15) is 22.4 Å². The number of nitrogens with one attached hydrogen (secondary N) is 1. The van der Waals surface area contributed by atoms with Crippen molar-refractivity contribution in [1.29, 1.82) is 5.26 Å². The molecule has 1 N–H and O–H groups in total. The summed E-state index contributed by atoms with van der Waals surface area (Å²) in [5, 5.41) is 15.4. The van der Waals surface area contributed by atoms with Crippen molar-refractivity contribution in [2.24, 2.45) is 0 Å². The van der Waals surface area contributed by atoms with Crippen LogP contribution < -0.4 is 10.1 Å². The second kappa shape index (κ2) is 7.85. The molecule has 0 saturated carbocycles. The largest absolute Gasteiger partial charge is 0.497 e. The van der Waals surface area contributed by atoms with Crippen molar-refractivity contribution < 1.29 is 4.74 Å². The molecule has 3 aromatic rings. The van der Waals surface area contributed by atoms with E-state index >= 15 is 0 Å². The van der Waals surface area contributed by atoms with Crippen LogP contribution in [0, 0.1) is 25.2 Å². The fourth-order valence-electron chi connectivity index (χ4n) is 2.49. The summed E-state index contributed by atoms with van der Waals surface area (Å²) < 4.78 is 5.18. The molecule has 1 aromatic heterocycles. The molecule has 0 fully saturated rings. The number of aromatic nitrogens is 1. The number of rotatable bonds is 5. The Morgan fingerprint density at radius 1 is 1.19 bits per heavy atom. The van der Waals surface area contributed by atoms with E-state index in [1.807, 2.05) is 41.8 Å². The Labute approximate surface area is 157 Å². The van der Waals surface area contributed by atoms with Gasteiger partial charge >= 0.3 is 0 Å². The Hall–Kier alpha value is -3.10. The molecule has 130 valence electrons. The second-order valence-corrected chi connectivity index (χ2v) is 6.69. The Morgan fingerprint density at radius 2 is 1.96 bits per heavy atom. The number of ether oxygens (including phenoxy) is 1.